The molecule has 0 fully saturated rings. The lowest BCUT2D eigenvalue weighted by Gasteiger charge is -2.12. The smallest absolute Gasteiger partial charge is 0.129 e. The number of rotatable bonds is 2. The van der Waals surface area contributed by atoms with Crippen molar-refractivity contribution in [3.63, 3.8) is 0 Å². The fourth-order valence-corrected chi connectivity index (χ4v) is 1.53. The van der Waals surface area contributed by atoms with E-state index >= 15 is 0 Å². The number of nitrogens with two attached hydrogens (primary N) is 1. The molecule has 3 heteroatoms. The highest BCUT2D eigenvalue weighted by atomic mass is 16.5. The minimum absolute atomic E-state index is 0.150. The third-order valence-corrected chi connectivity index (χ3v) is 2.12. The standard InChI is InChI=1S/C12H14N2O/c1-8(2)15-11-6-5-10(13)12-9(11)4-3-7-14-12/h3-8H,13H2,1-2H3. The molecule has 0 spiro atoms. The van der Waals surface area contributed by atoms with Crippen LogP contribution in [0, 0.1) is 0 Å². The molecule has 1 aromatic heterocycles. The Kier molecular flexibility index (Phi) is 2.46. The summed E-state index contributed by atoms with van der Waals surface area (Å²) >= 11 is 0. The average Bonchev–Trinajstić information content (AvgIpc) is 2.22. The maximum absolute atomic E-state index is 5.84. The molecule has 0 amide bonds. The number of benzene rings is 1. The summed E-state index contributed by atoms with van der Waals surface area (Å²) in [5.41, 5.74) is 7.32. The van der Waals surface area contributed by atoms with Crippen molar-refractivity contribution in [3.05, 3.63) is 30.5 Å². The molecular formula is C12H14N2O. The van der Waals surface area contributed by atoms with Gasteiger partial charge in [-0.2, -0.15) is 0 Å². The van der Waals surface area contributed by atoms with Gasteiger partial charge in [0.15, 0.2) is 0 Å². The first-order valence-electron chi connectivity index (χ1n) is 4.98. The molecule has 15 heavy (non-hydrogen) atoms. The molecule has 3 nitrogen and oxygen atoms in total. The molecule has 0 saturated heterocycles. The average molecular weight is 202 g/mol. The Hall–Kier alpha value is -1.77. The van der Waals surface area contributed by atoms with E-state index in [0.717, 1.165) is 16.7 Å². The van der Waals surface area contributed by atoms with E-state index < -0.39 is 0 Å². The van der Waals surface area contributed by atoms with Gasteiger partial charge in [0.2, 0.25) is 0 Å². The fourth-order valence-electron chi connectivity index (χ4n) is 1.53. The van der Waals surface area contributed by atoms with Crippen LogP contribution >= 0.6 is 0 Å². The lowest BCUT2D eigenvalue weighted by Crippen LogP contribution is -2.06. The Morgan fingerprint density at radius 3 is 2.80 bits per heavy atom. The van der Waals surface area contributed by atoms with E-state index in [1.165, 1.54) is 0 Å². The lowest BCUT2D eigenvalue weighted by molar-refractivity contribution is 0.245. The molecule has 0 aliphatic rings. The zero-order valence-corrected chi connectivity index (χ0v) is 8.90. The molecule has 0 atom stereocenters. The number of nitrogen functional groups attached to an aromatic ring is 1. The van der Waals surface area contributed by atoms with Gasteiger partial charge in [0, 0.05) is 11.6 Å². The highest BCUT2D eigenvalue weighted by Crippen LogP contribution is 2.28. The minimum Gasteiger partial charge on any atom is -0.490 e. The first-order valence-corrected chi connectivity index (χ1v) is 4.98. The summed E-state index contributed by atoms with van der Waals surface area (Å²) in [6, 6.07) is 7.57. The zero-order valence-electron chi connectivity index (χ0n) is 8.90. The van der Waals surface area contributed by atoms with Gasteiger partial charge in [-0.15, -0.1) is 0 Å². The fraction of sp³-hybridized carbons (Fsp3) is 0.250. The maximum Gasteiger partial charge on any atom is 0.129 e. The molecular weight excluding hydrogens is 188 g/mol. The minimum atomic E-state index is 0.150. The van der Waals surface area contributed by atoms with Crippen LogP contribution in [0.5, 0.6) is 5.75 Å². The van der Waals surface area contributed by atoms with E-state index in [1.807, 2.05) is 38.1 Å². The number of anilines is 1. The van der Waals surface area contributed by atoms with Gasteiger partial charge in [-0.1, -0.05) is 0 Å². The first-order chi connectivity index (χ1) is 7.18. The second kappa shape index (κ2) is 3.77. The summed E-state index contributed by atoms with van der Waals surface area (Å²) in [7, 11) is 0. The van der Waals surface area contributed by atoms with Crippen LogP contribution in [0.3, 0.4) is 0 Å². The molecule has 0 bridgehead atoms. The Labute approximate surface area is 88.9 Å². The van der Waals surface area contributed by atoms with E-state index in [2.05, 4.69) is 4.98 Å². The van der Waals surface area contributed by atoms with Gasteiger partial charge in [0.25, 0.3) is 0 Å². The zero-order chi connectivity index (χ0) is 10.8. The quantitative estimate of drug-likeness (QED) is 0.761. The second-order valence-corrected chi connectivity index (χ2v) is 3.72. The number of fused-ring (bicyclic) bond motifs is 1. The summed E-state index contributed by atoms with van der Waals surface area (Å²) < 4.78 is 5.69. The molecule has 0 saturated carbocycles. The van der Waals surface area contributed by atoms with Gasteiger partial charge in [-0.05, 0) is 38.1 Å². The van der Waals surface area contributed by atoms with Crippen molar-refractivity contribution >= 4 is 16.6 Å². The lowest BCUT2D eigenvalue weighted by atomic mass is 10.1. The van der Waals surface area contributed by atoms with Crippen molar-refractivity contribution in [2.24, 2.45) is 0 Å². The topological polar surface area (TPSA) is 48.1 Å². The van der Waals surface area contributed by atoms with Gasteiger partial charge in [-0.3, -0.25) is 4.98 Å². The summed E-state index contributed by atoms with van der Waals surface area (Å²) in [4.78, 5) is 4.24. The summed E-state index contributed by atoms with van der Waals surface area (Å²) in [6.07, 6.45) is 1.88. The second-order valence-electron chi connectivity index (χ2n) is 3.72. The number of ether oxygens (including phenoxy) is 1. The Bertz CT molecular complexity index is 480. The largest absolute Gasteiger partial charge is 0.490 e. The Morgan fingerprint density at radius 2 is 2.07 bits per heavy atom. The van der Waals surface area contributed by atoms with Crippen LogP contribution < -0.4 is 10.5 Å². The molecule has 1 heterocycles. The summed E-state index contributed by atoms with van der Waals surface area (Å²) in [5.74, 6) is 0.835. The number of hydrogen-bond donors (Lipinski definition) is 1. The molecule has 0 aliphatic heterocycles. The molecule has 2 rings (SSSR count). The predicted octanol–water partition coefficient (Wildman–Crippen LogP) is 2.60. The van der Waals surface area contributed by atoms with Crippen LogP contribution in [-0.4, -0.2) is 11.1 Å². The Balaban J connectivity index is 2.61. The van der Waals surface area contributed by atoms with E-state index in [9.17, 15) is 0 Å². The molecule has 0 radical (unpaired) electrons. The molecule has 0 unspecified atom stereocenters. The molecule has 0 aliphatic carbocycles. The van der Waals surface area contributed by atoms with Crippen LogP contribution in [0.1, 0.15) is 13.8 Å². The predicted molar refractivity (Wildman–Crippen MR) is 61.9 cm³/mol. The van der Waals surface area contributed by atoms with Crippen LogP contribution in [0.25, 0.3) is 10.9 Å². The molecule has 2 N–H and O–H groups in total. The monoisotopic (exact) mass is 202 g/mol. The third-order valence-electron chi connectivity index (χ3n) is 2.12. The SMILES string of the molecule is CC(C)Oc1ccc(N)c2ncccc12. The van der Waals surface area contributed by atoms with Crippen LogP contribution in [0.4, 0.5) is 5.69 Å². The number of nitrogens with zero attached hydrogens (tertiary/aromatic N) is 1. The highest BCUT2D eigenvalue weighted by molar-refractivity contribution is 5.93. The van der Waals surface area contributed by atoms with Crippen molar-refractivity contribution in [3.8, 4) is 5.75 Å². The van der Waals surface area contributed by atoms with Crippen LogP contribution in [-0.2, 0) is 0 Å². The van der Waals surface area contributed by atoms with E-state index in [1.54, 1.807) is 6.20 Å². The van der Waals surface area contributed by atoms with Crippen molar-refractivity contribution in [1.82, 2.24) is 4.98 Å². The third kappa shape index (κ3) is 1.86. The van der Waals surface area contributed by atoms with Gasteiger partial charge in [0.05, 0.1) is 17.3 Å². The number of hydrogen-bond acceptors (Lipinski definition) is 3. The first kappa shape index (κ1) is 9.77. The van der Waals surface area contributed by atoms with E-state index in [-0.39, 0.29) is 6.10 Å². The van der Waals surface area contributed by atoms with Gasteiger partial charge in [0.1, 0.15) is 5.75 Å². The van der Waals surface area contributed by atoms with Crippen molar-refractivity contribution in [2.45, 2.75) is 20.0 Å². The summed E-state index contributed by atoms with van der Waals surface area (Å²) in [5, 5.41) is 0.964. The molecule has 1 aromatic carbocycles. The van der Waals surface area contributed by atoms with Gasteiger partial charge < -0.3 is 10.5 Å². The number of aromatic nitrogens is 1. The molecule has 2 aromatic rings. The number of pyridine rings is 1. The van der Waals surface area contributed by atoms with E-state index in [0.29, 0.717) is 5.69 Å². The van der Waals surface area contributed by atoms with Crippen LogP contribution in [0.2, 0.25) is 0 Å². The van der Waals surface area contributed by atoms with Gasteiger partial charge >= 0.3 is 0 Å². The van der Waals surface area contributed by atoms with Gasteiger partial charge in [-0.25, -0.2) is 0 Å². The normalized spacial score (nSPS) is 10.9. The highest BCUT2D eigenvalue weighted by Gasteiger charge is 2.06. The van der Waals surface area contributed by atoms with Crippen molar-refractivity contribution in [2.75, 3.05) is 5.73 Å². The van der Waals surface area contributed by atoms with E-state index in [4.69, 9.17) is 10.5 Å². The van der Waals surface area contributed by atoms with Crippen LogP contribution in [0.15, 0.2) is 30.5 Å². The molecule has 78 valence electrons. The van der Waals surface area contributed by atoms with Crippen molar-refractivity contribution < 1.29 is 4.74 Å². The summed E-state index contributed by atoms with van der Waals surface area (Å²) in [6.45, 7) is 4.00. The van der Waals surface area contributed by atoms with Crippen molar-refractivity contribution in [1.29, 1.82) is 0 Å². The maximum atomic E-state index is 5.84. The Morgan fingerprint density at radius 1 is 1.27 bits per heavy atom.